The number of nitrogens with one attached hydrogen (secondary N) is 1. The zero-order chi connectivity index (χ0) is 15.0. The van der Waals surface area contributed by atoms with Crippen molar-refractivity contribution in [3.05, 3.63) is 45.9 Å². The minimum absolute atomic E-state index is 0.0344. The number of nitrogens with zero attached hydrogens (tertiary/aromatic N) is 4. The van der Waals surface area contributed by atoms with E-state index < -0.39 is 0 Å². The summed E-state index contributed by atoms with van der Waals surface area (Å²) in [4.78, 5) is 15.0. The summed E-state index contributed by atoms with van der Waals surface area (Å²) >= 11 is 0. The maximum atomic E-state index is 11.3. The predicted octanol–water partition coefficient (Wildman–Crippen LogP) is 2.59. The molecule has 7 heteroatoms. The first-order valence-corrected chi connectivity index (χ1v) is 6.92. The van der Waals surface area contributed by atoms with Gasteiger partial charge in [-0.25, -0.2) is 4.68 Å². The zero-order valence-corrected chi connectivity index (χ0v) is 12.0. The van der Waals surface area contributed by atoms with E-state index in [9.17, 15) is 10.1 Å². The first-order valence-electron chi connectivity index (χ1n) is 6.92. The summed E-state index contributed by atoms with van der Waals surface area (Å²) in [7, 11) is 1.72. The molecule has 7 nitrogen and oxygen atoms in total. The zero-order valence-electron chi connectivity index (χ0n) is 12.0. The maximum absolute atomic E-state index is 11.3. The van der Waals surface area contributed by atoms with Crippen LogP contribution in [-0.2, 0) is 7.05 Å². The molecule has 3 rings (SSSR count). The third-order valence-electron chi connectivity index (χ3n) is 3.80. The summed E-state index contributed by atoms with van der Waals surface area (Å²) in [5.41, 5.74) is 1.52. The monoisotopic (exact) mass is 287 g/mol. The number of hydrogen-bond acceptors (Lipinski definition) is 5. The van der Waals surface area contributed by atoms with Crippen LogP contribution in [0.25, 0.3) is 0 Å². The Morgan fingerprint density at radius 3 is 2.86 bits per heavy atom. The molecule has 2 aromatic heterocycles. The van der Waals surface area contributed by atoms with Gasteiger partial charge in [0, 0.05) is 19.4 Å². The van der Waals surface area contributed by atoms with Crippen LogP contribution in [-0.4, -0.2) is 19.7 Å². The van der Waals surface area contributed by atoms with Crippen molar-refractivity contribution in [1.82, 2.24) is 14.8 Å². The molecule has 0 radical (unpaired) electrons. The summed E-state index contributed by atoms with van der Waals surface area (Å²) in [6, 6.07) is 3.92. The van der Waals surface area contributed by atoms with Gasteiger partial charge < -0.3 is 5.32 Å². The molecule has 1 fully saturated rings. The Kier molecular flexibility index (Phi) is 3.32. The average Bonchev–Trinajstić information content (AvgIpc) is 3.23. The molecule has 21 heavy (non-hydrogen) atoms. The second-order valence-electron chi connectivity index (χ2n) is 5.41. The molecule has 1 unspecified atom stereocenters. The Morgan fingerprint density at radius 1 is 1.52 bits per heavy atom. The van der Waals surface area contributed by atoms with Crippen molar-refractivity contribution in [1.29, 1.82) is 0 Å². The highest BCUT2D eigenvalue weighted by Gasteiger charge is 2.35. The molecule has 2 aromatic rings. The third kappa shape index (κ3) is 2.58. The van der Waals surface area contributed by atoms with E-state index in [1.165, 1.54) is 0 Å². The van der Waals surface area contributed by atoms with E-state index in [0.717, 1.165) is 18.4 Å². The summed E-state index contributed by atoms with van der Waals surface area (Å²) in [6.07, 6.45) is 5.78. The second-order valence-corrected chi connectivity index (χ2v) is 5.41. The molecular formula is C14H17N5O2. The van der Waals surface area contributed by atoms with Crippen LogP contribution < -0.4 is 5.32 Å². The third-order valence-corrected chi connectivity index (χ3v) is 3.80. The lowest BCUT2D eigenvalue weighted by Crippen LogP contribution is -2.16. The number of hydrogen-bond donors (Lipinski definition) is 1. The molecule has 1 N–H and O–H groups in total. The minimum Gasteiger partial charge on any atom is -0.357 e. The number of aromatic nitrogens is 3. The van der Waals surface area contributed by atoms with Gasteiger partial charge in [-0.05, 0) is 37.3 Å². The van der Waals surface area contributed by atoms with Crippen molar-refractivity contribution in [2.75, 3.05) is 5.32 Å². The van der Waals surface area contributed by atoms with E-state index in [4.69, 9.17) is 0 Å². The predicted molar refractivity (Wildman–Crippen MR) is 77.9 cm³/mol. The molecule has 1 aliphatic rings. The number of nitro groups is 1. The van der Waals surface area contributed by atoms with Gasteiger partial charge in [0.1, 0.15) is 5.69 Å². The Morgan fingerprint density at radius 2 is 2.29 bits per heavy atom. The molecule has 110 valence electrons. The van der Waals surface area contributed by atoms with Gasteiger partial charge in [-0.2, -0.15) is 5.10 Å². The van der Waals surface area contributed by atoms with Crippen LogP contribution in [0.1, 0.15) is 30.1 Å². The van der Waals surface area contributed by atoms with Crippen molar-refractivity contribution in [3.63, 3.8) is 0 Å². The van der Waals surface area contributed by atoms with Crippen LogP contribution in [0, 0.1) is 23.0 Å². The van der Waals surface area contributed by atoms with Crippen LogP contribution >= 0.6 is 0 Å². The standard InChI is InChI=1S/C14H17N5O2/c1-9-13(19(20)21)14(18(2)17-9)16-12(10-5-6-10)11-4-3-7-15-8-11/h3-4,7-8,10,12,16H,5-6H2,1-2H3. The first kappa shape index (κ1) is 13.5. The largest absolute Gasteiger partial charge is 0.357 e. The van der Waals surface area contributed by atoms with Crippen molar-refractivity contribution in [2.24, 2.45) is 13.0 Å². The topological polar surface area (TPSA) is 85.9 Å². The normalized spacial score (nSPS) is 15.7. The minimum atomic E-state index is -0.377. The first-order chi connectivity index (χ1) is 10.1. The molecule has 0 bridgehead atoms. The van der Waals surface area contributed by atoms with Gasteiger partial charge in [0.15, 0.2) is 0 Å². The van der Waals surface area contributed by atoms with Gasteiger partial charge in [-0.1, -0.05) is 6.07 Å². The fraction of sp³-hybridized carbons (Fsp3) is 0.429. The van der Waals surface area contributed by atoms with Crippen molar-refractivity contribution < 1.29 is 4.92 Å². The fourth-order valence-electron chi connectivity index (χ4n) is 2.64. The summed E-state index contributed by atoms with van der Waals surface area (Å²) < 4.78 is 1.54. The Labute approximate surface area is 122 Å². The highest BCUT2D eigenvalue weighted by atomic mass is 16.6. The summed E-state index contributed by atoms with van der Waals surface area (Å²) in [5.74, 6) is 0.947. The van der Waals surface area contributed by atoms with Crippen LogP contribution in [0.3, 0.4) is 0 Å². The van der Waals surface area contributed by atoms with E-state index in [0.29, 0.717) is 17.4 Å². The van der Waals surface area contributed by atoms with E-state index in [2.05, 4.69) is 15.4 Å². The molecule has 0 saturated heterocycles. The highest BCUT2D eigenvalue weighted by Crippen LogP contribution is 2.44. The molecule has 1 atom stereocenters. The van der Waals surface area contributed by atoms with Crippen LogP contribution in [0.5, 0.6) is 0 Å². The van der Waals surface area contributed by atoms with Crippen molar-refractivity contribution in [3.8, 4) is 0 Å². The number of anilines is 1. The molecule has 0 spiro atoms. The molecule has 2 heterocycles. The van der Waals surface area contributed by atoms with Crippen molar-refractivity contribution >= 4 is 11.5 Å². The van der Waals surface area contributed by atoms with E-state index in [-0.39, 0.29) is 16.7 Å². The van der Waals surface area contributed by atoms with E-state index >= 15 is 0 Å². The van der Waals surface area contributed by atoms with Gasteiger partial charge in [0.25, 0.3) is 0 Å². The van der Waals surface area contributed by atoms with E-state index in [1.54, 1.807) is 24.9 Å². The Balaban J connectivity index is 1.96. The maximum Gasteiger partial charge on any atom is 0.333 e. The average molecular weight is 287 g/mol. The SMILES string of the molecule is Cc1nn(C)c(NC(c2cccnc2)C2CC2)c1[N+](=O)[O-]. The molecule has 1 saturated carbocycles. The number of rotatable bonds is 5. The summed E-state index contributed by atoms with van der Waals surface area (Å²) in [5, 5.41) is 18.7. The number of pyridine rings is 1. The second kappa shape index (κ2) is 5.16. The molecule has 1 aliphatic carbocycles. The van der Waals surface area contributed by atoms with Crippen LogP contribution in [0.15, 0.2) is 24.5 Å². The van der Waals surface area contributed by atoms with Gasteiger partial charge in [0.05, 0.1) is 11.0 Å². The van der Waals surface area contributed by atoms with Gasteiger partial charge in [-0.15, -0.1) is 0 Å². The molecule has 0 aliphatic heterocycles. The fourth-order valence-corrected chi connectivity index (χ4v) is 2.64. The smallest absolute Gasteiger partial charge is 0.333 e. The van der Waals surface area contributed by atoms with Gasteiger partial charge in [-0.3, -0.25) is 15.1 Å². The van der Waals surface area contributed by atoms with Crippen LogP contribution in [0.2, 0.25) is 0 Å². The van der Waals surface area contributed by atoms with E-state index in [1.807, 2.05) is 18.3 Å². The lowest BCUT2D eigenvalue weighted by Gasteiger charge is -2.19. The lowest BCUT2D eigenvalue weighted by atomic mass is 10.0. The molecule has 0 aromatic carbocycles. The molecule has 0 amide bonds. The Hall–Kier alpha value is -2.44. The quantitative estimate of drug-likeness (QED) is 0.674. The van der Waals surface area contributed by atoms with Crippen LogP contribution in [0.4, 0.5) is 11.5 Å². The van der Waals surface area contributed by atoms with Crippen molar-refractivity contribution in [2.45, 2.75) is 25.8 Å². The Bertz CT molecular complexity index is 664. The number of aryl methyl sites for hydroxylation is 2. The molecular weight excluding hydrogens is 270 g/mol. The highest BCUT2D eigenvalue weighted by molar-refractivity contribution is 5.60. The summed E-state index contributed by atoms with van der Waals surface area (Å²) in [6.45, 7) is 1.65. The van der Waals surface area contributed by atoms with Gasteiger partial charge >= 0.3 is 5.69 Å². The lowest BCUT2D eigenvalue weighted by molar-refractivity contribution is -0.384. The van der Waals surface area contributed by atoms with Gasteiger partial charge in [0.2, 0.25) is 5.82 Å².